The molecule has 1 atom stereocenters. The summed E-state index contributed by atoms with van der Waals surface area (Å²) in [5.41, 5.74) is 8.82. The standard InChI is InChI=1S/C18H21Cl2N3/c1-22-9-8-16(12-22)23(11-13-2-4-14(19)5-3-13)15-6-7-18(21)17(20)10-15/h2-7,10,16H,8-9,11-12,21H2,1H3. The van der Waals surface area contributed by atoms with Gasteiger partial charge in [0.15, 0.2) is 0 Å². The molecular formula is C18H21Cl2N3. The van der Waals surface area contributed by atoms with Gasteiger partial charge < -0.3 is 15.5 Å². The summed E-state index contributed by atoms with van der Waals surface area (Å²) >= 11 is 12.2. The first-order valence-electron chi connectivity index (χ1n) is 7.77. The lowest BCUT2D eigenvalue weighted by Gasteiger charge is -2.31. The Morgan fingerprint density at radius 2 is 1.91 bits per heavy atom. The summed E-state index contributed by atoms with van der Waals surface area (Å²) in [6.07, 6.45) is 1.14. The van der Waals surface area contributed by atoms with Crippen LogP contribution in [0.15, 0.2) is 42.5 Å². The van der Waals surface area contributed by atoms with Crippen LogP contribution in [0.3, 0.4) is 0 Å². The van der Waals surface area contributed by atoms with Gasteiger partial charge in [0.1, 0.15) is 0 Å². The van der Waals surface area contributed by atoms with Crippen LogP contribution in [-0.4, -0.2) is 31.1 Å². The number of hydrogen-bond donors (Lipinski definition) is 1. The highest BCUT2D eigenvalue weighted by molar-refractivity contribution is 6.33. The number of anilines is 2. The molecule has 1 heterocycles. The number of hydrogen-bond acceptors (Lipinski definition) is 3. The molecule has 1 saturated heterocycles. The van der Waals surface area contributed by atoms with Crippen LogP contribution in [0.1, 0.15) is 12.0 Å². The summed E-state index contributed by atoms with van der Waals surface area (Å²) < 4.78 is 0. The Kier molecular flexibility index (Phi) is 5.00. The average molecular weight is 350 g/mol. The zero-order chi connectivity index (χ0) is 16.4. The second-order valence-corrected chi connectivity index (χ2v) is 7.01. The van der Waals surface area contributed by atoms with Crippen LogP contribution in [-0.2, 0) is 6.54 Å². The van der Waals surface area contributed by atoms with Gasteiger partial charge in [-0.05, 0) is 55.9 Å². The minimum absolute atomic E-state index is 0.468. The van der Waals surface area contributed by atoms with Crippen molar-refractivity contribution in [2.45, 2.75) is 19.0 Å². The summed E-state index contributed by atoms with van der Waals surface area (Å²) in [6, 6.07) is 14.4. The van der Waals surface area contributed by atoms with E-state index in [9.17, 15) is 0 Å². The number of nitrogens with two attached hydrogens (primary N) is 1. The molecule has 0 radical (unpaired) electrons. The maximum absolute atomic E-state index is 6.24. The first kappa shape index (κ1) is 16.4. The number of nitrogens with zero attached hydrogens (tertiary/aromatic N) is 2. The zero-order valence-corrected chi connectivity index (χ0v) is 14.7. The molecular weight excluding hydrogens is 329 g/mol. The number of rotatable bonds is 4. The maximum Gasteiger partial charge on any atom is 0.0656 e. The number of likely N-dealkylation sites (N-methyl/N-ethyl adjacent to an activating group) is 1. The summed E-state index contributed by atoms with van der Waals surface area (Å²) in [4.78, 5) is 4.77. The predicted octanol–water partition coefficient (Wildman–Crippen LogP) is 4.29. The first-order valence-corrected chi connectivity index (χ1v) is 8.53. The minimum atomic E-state index is 0.468. The van der Waals surface area contributed by atoms with Crippen LogP contribution < -0.4 is 10.6 Å². The van der Waals surface area contributed by atoms with E-state index in [1.54, 1.807) is 0 Å². The molecule has 0 amide bonds. The molecule has 0 spiro atoms. The average Bonchev–Trinajstić information content (AvgIpc) is 2.96. The van der Waals surface area contributed by atoms with E-state index in [4.69, 9.17) is 28.9 Å². The van der Waals surface area contributed by atoms with Crippen molar-refractivity contribution in [1.82, 2.24) is 4.90 Å². The molecule has 0 saturated carbocycles. The molecule has 1 aliphatic rings. The van der Waals surface area contributed by atoms with Gasteiger partial charge in [-0.15, -0.1) is 0 Å². The van der Waals surface area contributed by atoms with Gasteiger partial charge >= 0.3 is 0 Å². The van der Waals surface area contributed by atoms with Crippen LogP contribution in [0.5, 0.6) is 0 Å². The molecule has 0 bridgehead atoms. The SMILES string of the molecule is CN1CCC(N(Cc2ccc(Cl)cc2)c2ccc(N)c(Cl)c2)C1. The van der Waals surface area contributed by atoms with Gasteiger partial charge in [-0.1, -0.05) is 35.3 Å². The molecule has 2 N–H and O–H groups in total. The fourth-order valence-corrected chi connectivity index (χ4v) is 3.38. The lowest BCUT2D eigenvalue weighted by atomic mass is 10.1. The molecule has 122 valence electrons. The zero-order valence-electron chi connectivity index (χ0n) is 13.2. The third-order valence-corrected chi connectivity index (χ3v) is 4.97. The van der Waals surface area contributed by atoms with Crippen molar-refractivity contribution in [3.63, 3.8) is 0 Å². The van der Waals surface area contributed by atoms with Crippen LogP contribution in [0.25, 0.3) is 0 Å². The Labute approximate surface area is 147 Å². The molecule has 1 fully saturated rings. The van der Waals surface area contributed by atoms with E-state index in [2.05, 4.69) is 35.0 Å². The van der Waals surface area contributed by atoms with Crippen molar-refractivity contribution in [3.8, 4) is 0 Å². The monoisotopic (exact) mass is 349 g/mol. The molecule has 1 unspecified atom stereocenters. The van der Waals surface area contributed by atoms with Crippen molar-refractivity contribution in [2.75, 3.05) is 30.8 Å². The minimum Gasteiger partial charge on any atom is -0.398 e. The van der Waals surface area contributed by atoms with Gasteiger partial charge in [-0.25, -0.2) is 0 Å². The second kappa shape index (κ2) is 7.00. The summed E-state index contributed by atoms with van der Waals surface area (Å²) in [6.45, 7) is 3.00. The van der Waals surface area contributed by atoms with E-state index in [0.29, 0.717) is 16.8 Å². The van der Waals surface area contributed by atoms with Crippen LogP contribution in [0.2, 0.25) is 10.0 Å². The van der Waals surface area contributed by atoms with Gasteiger partial charge in [0, 0.05) is 29.8 Å². The van der Waals surface area contributed by atoms with E-state index in [1.165, 1.54) is 5.56 Å². The van der Waals surface area contributed by atoms with E-state index >= 15 is 0 Å². The quantitative estimate of drug-likeness (QED) is 0.835. The third-order valence-electron chi connectivity index (χ3n) is 4.39. The highest BCUT2D eigenvalue weighted by Gasteiger charge is 2.26. The lowest BCUT2D eigenvalue weighted by molar-refractivity contribution is 0.407. The fourth-order valence-electron chi connectivity index (χ4n) is 3.08. The molecule has 3 nitrogen and oxygen atoms in total. The maximum atomic E-state index is 6.24. The molecule has 3 rings (SSSR count). The van der Waals surface area contributed by atoms with E-state index in [-0.39, 0.29) is 0 Å². The number of nitrogen functional groups attached to an aromatic ring is 1. The van der Waals surface area contributed by atoms with Gasteiger partial charge in [-0.3, -0.25) is 0 Å². The van der Waals surface area contributed by atoms with Crippen molar-refractivity contribution < 1.29 is 0 Å². The first-order chi connectivity index (χ1) is 11.0. The van der Waals surface area contributed by atoms with Crippen molar-refractivity contribution in [1.29, 1.82) is 0 Å². The molecule has 2 aromatic rings. The van der Waals surface area contributed by atoms with Crippen LogP contribution in [0, 0.1) is 0 Å². The van der Waals surface area contributed by atoms with Crippen molar-refractivity contribution in [3.05, 3.63) is 58.1 Å². The topological polar surface area (TPSA) is 32.5 Å². The van der Waals surface area contributed by atoms with E-state index in [0.717, 1.165) is 36.8 Å². The number of likely N-dealkylation sites (tertiary alicyclic amines) is 1. The molecule has 23 heavy (non-hydrogen) atoms. The molecule has 0 aromatic heterocycles. The summed E-state index contributed by atoms with van der Waals surface area (Å²) in [5, 5.41) is 1.37. The molecule has 2 aromatic carbocycles. The number of halogens is 2. The van der Waals surface area contributed by atoms with Crippen LogP contribution >= 0.6 is 23.2 Å². The normalized spacial score (nSPS) is 18.3. The Balaban J connectivity index is 1.89. The third kappa shape index (κ3) is 3.92. The second-order valence-electron chi connectivity index (χ2n) is 6.16. The Hall–Kier alpha value is -1.42. The van der Waals surface area contributed by atoms with E-state index in [1.807, 2.05) is 24.3 Å². The van der Waals surface area contributed by atoms with Crippen molar-refractivity contribution in [2.24, 2.45) is 0 Å². The lowest BCUT2D eigenvalue weighted by Crippen LogP contribution is -2.36. The van der Waals surface area contributed by atoms with Crippen molar-refractivity contribution >= 4 is 34.6 Å². The van der Waals surface area contributed by atoms with Gasteiger partial charge in [-0.2, -0.15) is 0 Å². The largest absolute Gasteiger partial charge is 0.398 e. The molecule has 5 heteroatoms. The Bertz CT molecular complexity index is 672. The fraction of sp³-hybridized carbons (Fsp3) is 0.333. The van der Waals surface area contributed by atoms with Gasteiger partial charge in [0.25, 0.3) is 0 Å². The smallest absolute Gasteiger partial charge is 0.0656 e. The van der Waals surface area contributed by atoms with Crippen LogP contribution in [0.4, 0.5) is 11.4 Å². The molecule has 0 aliphatic carbocycles. The highest BCUT2D eigenvalue weighted by atomic mass is 35.5. The Morgan fingerprint density at radius 1 is 1.17 bits per heavy atom. The highest BCUT2D eigenvalue weighted by Crippen LogP contribution is 2.30. The van der Waals surface area contributed by atoms with Gasteiger partial charge in [0.2, 0.25) is 0 Å². The molecule has 1 aliphatic heterocycles. The summed E-state index contributed by atoms with van der Waals surface area (Å²) in [7, 11) is 2.16. The Morgan fingerprint density at radius 3 is 2.52 bits per heavy atom. The predicted molar refractivity (Wildman–Crippen MR) is 99.4 cm³/mol. The van der Waals surface area contributed by atoms with Gasteiger partial charge in [0.05, 0.1) is 10.7 Å². The van der Waals surface area contributed by atoms with E-state index < -0.39 is 0 Å². The number of benzene rings is 2. The summed E-state index contributed by atoms with van der Waals surface area (Å²) in [5.74, 6) is 0.